The molecule has 0 aliphatic carbocycles. The van der Waals surface area contributed by atoms with Crippen LogP contribution in [0.4, 0.5) is 5.82 Å². The summed E-state index contributed by atoms with van der Waals surface area (Å²) >= 11 is 4.48. The Labute approximate surface area is 189 Å². The molecule has 0 radical (unpaired) electrons. The molecule has 8 nitrogen and oxygen atoms in total. The van der Waals surface area contributed by atoms with E-state index in [9.17, 15) is 14.4 Å². The van der Waals surface area contributed by atoms with Gasteiger partial charge < -0.3 is 11.1 Å². The molecule has 3 N–H and O–H groups in total. The summed E-state index contributed by atoms with van der Waals surface area (Å²) in [6.45, 7) is 2.08. The monoisotopic (exact) mass is 499 g/mol. The average Bonchev–Trinajstić information content (AvgIpc) is 3.22. The number of pyridine rings is 1. The number of fused-ring (bicyclic) bond motifs is 1. The van der Waals surface area contributed by atoms with Gasteiger partial charge in [0.2, 0.25) is 0 Å². The van der Waals surface area contributed by atoms with Crippen LogP contribution in [0.3, 0.4) is 0 Å². The molecule has 31 heavy (non-hydrogen) atoms. The summed E-state index contributed by atoms with van der Waals surface area (Å²) in [5, 5.41) is 2.79. The van der Waals surface area contributed by atoms with Crippen molar-refractivity contribution in [1.82, 2.24) is 19.3 Å². The van der Waals surface area contributed by atoms with Crippen LogP contribution in [0.2, 0.25) is 0 Å². The molecule has 0 bridgehead atoms. The van der Waals surface area contributed by atoms with Crippen molar-refractivity contribution in [2.24, 2.45) is 0 Å². The number of carbonyl (C=O) groups excluding carboxylic acids is 1. The van der Waals surface area contributed by atoms with Crippen molar-refractivity contribution in [3.05, 3.63) is 95.7 Å². The highest BCUT2D eigenvalue weighted by molar-refractivity contribution is 9.10. The van der Waals surface area contributed by atoms with Crippen LogP contribution in [0.15, 0.2) is 62.9 Å². The maximum absolute atomic E-state index is 13.0. The van der Waals surface area contributed by atoms with Crippen molar-refractivity contribution in [2.45, 2.75) is 20.0 Å². The van der Waals surface area contributed by atoms with Gasteiger partial charge in [-0.25, -0.2) is 9.78 Å². The third kappa shape index (κ3) is 4.30. The highest BCUT2D eigenvalue weighted by atomic mass is 79.9. The van der Waals surface area contributed by atoms with Crippen molar-refractivity contribution >= 4 is 43.8 Å². The zero-order valence-electron chi connectivity index (χ0n) is 16.5. The first-order valence-corrected chi connectivity index (χ1v) is 10.9. The average molecular weight is 500 g/mol. The molecule has 0 fully saturated rings. The van der Waals surface area contributed by atoms with Gasteiger partial charge in [-0.2, -0.15) is 0 Å². The second-order valence-corrected chi connectivity index (χ2v) is 8.92. The van der Waals surface area contributed by atoms with E-state index < -0.39 is 5.69 Å². The number of rotatable bonds is 5. The summed E-state index contributed by atoms with van der Waals surface area (Å²) in [7, 11) is 0. The number of halogens is 1. The molecular weight excluding hydrogens is 482 g/mol. The maximum Gasteiger partial charge on any atom is 0.336 e. The van der Waals surface area contributed by atoms with Crippen LogP contribution >= 0.6 is 27.3 Å². The number of thiazole rings is 1. The number of benzene rings is 1. The summed E-state index contributed by atoms with van der Waals surface area (Å²) in [6.07, 6.45) is 3.06. The molecule has 0 unspecified atom stereocenters. The Kier molecular flexibility index (Phi) is 5.75. The lowest BCUT2D eigenvalue weighted by atomic mass is 10.2. The second kappa shape index (κ2) is 8.48. The van der Waals surface area contributed by atoms with Crippen molar-refractivity contribution in [1.29, 1.82) is 0 Å². The lowest BCUT2D eigenvalue weighted by Crippen LogP contribution is -2.38. The van der Waals surface area contributed by atoms with Gasteiger partial charge in [0.1, 0.15) is 15.5 Å². The normalized spacial score (nSPS) is 11.0. The van der Waals surface area contributed by atoms with E-state index in [0.717, 1.165) is 26.9 Å². The van der Waals surface area contributed by atoms with E-state index in [1.165, 1.54) is 15.2 Å². The van der Waals surface area contributed by atoms with Gasteiger partial charge in [0.15, 0.2) is 0 Å². The van der Waals surface area contributed by atoms with Gasteiger partial charge in [-0.15, -0.1) is 11.3 Å². The number of hydrogen-bond acceptors (Lipinski definition) is 6. The SMILES string of the molecule is Cc1c(=O)n(Cc2ccc(Br)cc2)c(=O)n2cc(C(=O)NCc3ccc(N)nc3)sc12. The molecule has 4 aromatic rings. The minimum Gasteiger partial charge on any atom is -0.384 e. The van der Waals surface area contributed by atoms with Crippen LogP contribution < -0.4 is 22.3 Å². The van der Waals surface area contributed by atoms with Crippen molar-refractivity contribution < 1.29 is 4.79 Å². The van der Waals surface area contributed by atoms with E-state index in [4.69, 9.17) is 5.73 Å². The van der Waals surface area contributed by atoms with E-state index in [1.807, 2.05) is 24.3 Å². The Balaban J connectivity index is 1.64. The van der Waals surface area contributed by atoms with E-state index >= 15 is 0 Å². The fourth-order valence-corrected chi connectivity index (χ4v) is 4.36. The largest absolute Gasteiger partial charge is 0.384 e. The molecule has 1 aromatic carbocycles. The number of aryl methyl sites for hydroxylation is 1. The first-order valence-electron chi connectivity index (χ1n) is 9.32. The van der Waals surface area contributed by atoms with E-state index in [1.54, 1.807) is 25.3 Å². The minimum absolute atomic E-state index is 0.149. The molecule has 0 aliphatic rings. The predicted octanol–water partition coefficient (Wildman–Crippen LogP) is 2.55. The van der Waals surface area contributed by atoms with Crippen LogP contribution in [0.25, 0.3) is 4.83 Å². The summed E-state index contributed by atoms with van der Waals surface area (Å²) in [6, 6.07) is 10.8. The lowest BCUT2D eigenvalue weighted by molar-refractivity contribution is 0.0954. The Morgan fingerprint density at radius 1 is 1.16 bits per heavy atom. The van der Waals surface area contributed by atoms with E-state index in [-0.39, 0.29) is 24.6 Å². The molecule has 3 heterocycles. The number of anilines is 1. The smallest absolute Gasteiger partial charge is 0.336 e. The third-order valence-electron chi connectivity index (χ3n) is 4.77. The Morgan fingerprint density at radius 3 is 2.55 bits per heavy atom. The summed E-state index contributed by atoms with van der Waals surface area (Å²) in [4.78, 5) is 43.2. The summed E-state index contributed by atoms with van der Waals surface area (Å²) in [5.41, 5.74) is 6.76. The molecule has 0 atom stereocenters. The van der Waals surface area contributed by atoms with Crippen LogP contribution in [0, 0.1) is 6.92 Å². The minimum atomic E-state index is -0.480. The number of nitrogens with two attached hydrogens (primary N) is 1. The summed E-state index contributed by atoms with van der Waals surface area (Å²) in [5.74, 6) is 0.0653. The Morgan fingerprint density at radius 2 is 1.87 bits per heavy atom. The molecule has 0 saturated carbocycles. The fourth-order valence-electron chi connectivity index (χ4n) is 3.09. The van der Waals surface area contributed by atoms with Gasteiger partial charge in [0.05, 0.1) is 6.54 Å². The third-order valence-corrected chi connectivity index (χ3v) is 6.51. The van der Waals surface area contributed by atoms with E-state index in [0.29, 0.717) is 21.1 Å². The zero-order chi connectivity index (χ0) is 22.1. The molecule has 0 spiro atoms. The van der Waals surface area contributed by atoms with Gasteiger partial charge in [0.25, 0.3) is 11.5 Å². The molecule has 158 valence electrons. The Hall–Kier alpha value is -3.24. The standard InChI is InChI=1S/C21H18BrN5O3S/c1-12-19(29)26(10-13-2-5-15(22)6-3-13)21(30)27-11-16(31-20(12)27)18(28)25-9-14-4-7-17(23)24-8-14/h2-8,11H,9-10H2,1H3,(H2,23,24)(H,25,28). The number of carbonyl (C=O) groups is 1. The lowest BCUT2D eigenvalue weighted by Gasteiger charge is -2.07. The topological polar surface area (TPSA) is 111 Å². The van der Waals surface area contributed by atoms with Crippen LogP contribution in [-0.4, -0.2) is 19.9 Å². The number of nitrogens with zero attached hydrogens (tertiary/aromatic N) is 3. The predicted molar refractivity (Wildman–Crippen MR) is 124 cm³/mol. The maximum atomic E-state index is 13.0. The second-order valence-electron chi connectivity index (χ2n) is 6.97. The van der Waals surface area contributed by atoms with Crippen molar-refractivity contribution in [3.63, 3.8) is 0 Å². The van der Waals surface area contributed by atoms with Crippen molar-refractivity contribution in [2.75, 3.05) is 5.73 Å². The number of nitrogens with one attached hydrogen (secondary N) is 1. The van der Waals surface area contributed by atoms with Gasteiger partial charge in [-0.05, 0) is 36.2 Å². The first-order chi connectivity index (χ1) is 14.8. The highest BCUT2D eigenvalue weighted by Crippen LogP contribution is 2.18. The molecule has 4 rings (SSSR count). The number of amides is 1. The number of aromatic nitrogens is 3. The molecular formula is C21H18BrN5O3S. The van der Waals surface area contributed by atoms with Crippen molar-refractivity contribution in [3.8, 4) is 0 Å². The highest BCUT2D eigenvalue weighted by Gasteiger charge is 2.17. The van der Waals surface area contributed by atoms with Gasteiger partial charge in [-0.3, -0.25) is 18.6 Å². The van der Waals surface area contributed by atoms with Gasteiger partial charge in [-0.1, -0.05) is 34.1 Å². The molecule has 3 aromatic heterocycles. The first kappa shape index (κ1) is 21.0. The quantitative estimate of drug-likeness (QED) is 0.438. The zero-order valence-corrected chi connectivity index (χ0v) is 18.9. The molecule has 10 heteroatoms. The molecule has 0 aliphatic heterocycles. The number of hydrogen-bond donors (Lipinski definition) is 2. The van der Waals surface area contributed by atoms with Gasteiger partial charge in [0, 0.05) is 29.0 Å². The Bertz CT molecular complexity index is 1390. The summed E-state index contributed by atoms with van der Waals surface area (Å²) < 4.78 is 3.45. The fraction of sp³-hybridized carbons (Fsp3) is 0.143. The number of nitrogen functional groups attached to an aromatic ring is 1. The molecule has 1 amide bonds. The van der Waals surface area contributed by atoms with Crippen LogP contribution in [0.1, 0.15) is 26.4 Å². The van der Waals surface area contributed by atoms with E-state index in [2.05, 4.69) is 26.2 Å². The van der Waals surface area contributed by atoms with Gasteiger partial charge >= 0.3 is 5.69 Å². The van der Waals surface area contributed by atoms with Crippen LogP contribution in [0.5, 0.6) is 0 Å². The molecule has 0 saturated heterocycles. The van der Waals surface area contributed by atoms with Crippen LogP contribution in [-0.2, 0) is 13.1 Å².